The summed E-state index contributed by atoms with van der Waals surface area (Å²) in [5.74, 6) is -0.199. The Labute approximate surface area is 162 Å². The van der Waals surface area contributed by atoms with Crippen molar-refractivity contribution >= 4 is 23.6 Å². The van der Waals surface area contributed by atoms with Crippen LogP contribution < -0.4 is 5.32 Å². The number of hydrogen-bond donors (Lipinski definition) is 1. The first kappa shape index (κ1) is 19.3. The minimum absolute atomic E-state index is 0.0168. The number of nitrogens with zero attached hydrogens (tertiary/aromatic N) is 2. The summed E-state index contributed by atoms with van der Waals surface area (Å²) < 4.78 is 0. The highest BCUT2D eigenvalue weighted by Gasteiger charge is 2.23. The lowest BCUT2D eigenvalue weighted by molar-refractivity contribution is -0.384. The molecule has 0 saturated carbocycles. The van der Waals surface area contributed by atoms with Gasteiger partial charge in [-0.15, -0.1) is 0 Å². The van der Waals surface area contributed by atoms with Crippen molar-refractivity contribution in [1.29, 1.82) is 0 Å². The average Bonchev–Trinajstić information content (AvgIpc) is 2.73. The molecule has 1 aliphatic rings. The third kappa shape index (κ3) is 5.03. The lowest BCUT2D eigenvalue weighted by Gasteiger charge is -2.31. The lowest BCUT2D eigenvalue weighted by atomic mass is 10.0. The van der Waals surface area contributed by atoms with Crippen LogP contribution in [-0.4, -0.2) is 40.8 Å². The van der Waals surface area contributed by atoms with E-state index in [9.17, 15) is 19.7 Å². The number of hydrogen-bond acceptors (Lipinski definition) is 4. The second-order valence-electron chi connectivity index (χ2n) is 6.62. The molecule has 7 heteroatoms. The Morgan fingerprint density at radius 3 is 2.29 bits per heavy atom. The molecule has 1 N–H and O–H groups in total. The van der Waals surface area contributed by atoms with Gasteiger partial charge in [0, 0.05) is 42.9 Å². The highest BCUT2D eigenvalue weighted by atomic mass is 16.6. The van der Waals surface area contributed by atoms with Gasteiger partial charge in [0.2, 0.25) is 5.91 Å². The van der Waals surface area contributed by atoms with Crippen LogP contribution in [0.1, 0.15) is 28.8 Å². The number of nitrogens with one attached hydrogen (secondary N) is 1. The van der Waals surface area contributed by atoms with E-state index in [4.69, 9.17) is 0 Å². The van der Waals surface area contributed by atoms with Crippen LogP contribution in [0.4, 0.5) is 5.69 Å². The van der Waals surface area contributed by atoms with Crippen molar-refractivity contribution in [1.82, 2.24) is 10.2 Å². The summed E-state index contributed by atoms with van der Waals surface area (Å²) in [5.41, 5.74) is 1.37. The van der Waals surface area contributed by atoms with Crippen LogP contribution >= 0.6 is 0 Å². The smallest absolute Gasteiger partial charge is 0.269 e. The number of benzene rings is 2. The second kappa shape index (κ2) is 8.94. The quantitative estimate of drug-likeness (QED) is 0.491. The Balaban J connectivity index is 1.48. The summed E-state index contributed by atoms with van der Waals surface area (Å²) >= 11 is 0. The molecule has 1 aliphatic heterocycles. The van der Waals surface area contributed by atoms with Gasteiger partial charge in [-0.2, -0.15) is 0 Å². The van der Waals surface area contributed by atoms with Gasteiger partial charge in [0.05, 0.1) is 4.92 Å². The molecule has 0 radical (unpaired) electrons. The van der Waals surface area contributed by atoms with Crippen molar-refractivity contribution in [2.24, 2.45) is 0 Å². The van der Waals surface area contributed by atoms with E-state index in [1.165, 1.54) is 18.2 Å². The number of non-ortho nitro benzene ring substituents is 1. The zero-order valence-electron chi connectivity index (χ0n) is 15.3. The number of amides is 2. The Bertz CT molecular complexity index is 870. The lowest BCUT2D eigenvalue weighted by Crippen LogP contribution is -2.46. The maximum absolute atomic E-state index is 12.3. The molecule has 1 heterocycles. The molecule has 2 aromatic rings. The Kier molecular flexibility index (Phi) is 6.16. The van der Waals surface area contributed by atoms with Gasteiger partial charge in [0.15, 0.2) is 0 Å². The maximum Gasteiger partial charge on any atom is 0.269 e. The van der Waals surface area contributed by atoms with Crippen LogP contribution in [0.2, 0.25) is 0 Å². The standard InChI is InChI=1S/C21H21N3O4/c25-20(11-8-16-6-9-19(10-7-16)24(27)28)23-14-12-18(13-15-23)22-21(26)17-4-2-1-3-5-17/h1-11,18H,12-15H2,(H,22,26)/b11-8+. The van der Waals surface area contributed by atoms with Gasteiger partial charge in [-0.05, 0) is 48.7 Å². The third-order valence-corrected chi connectivity index (χ3v) is 4.70. The number of piperidine rings is 1. The number of likely N-dealkylation sites (tertiary alicyclic amines) is 1. The monoisotopic (exact) mass is 379 g/mol. The first-order chi connectivity index (χ1) is 13.5. The fourth-order valence-corrected chi connectivity index (χ4v) is 3.08. The number of carbonyl (C=O) groups excluding carboxylic acids is 2. The third-order valence-electron chi connectivity index (χ3n) is 4.70. The van der Waals surface area contributed by atoms with E-state index >= 15 is 0 Å². The van der Waals surface area contributed by atoms with Gasteiger partial charge in [-0.3, -0.25) is 19.7 Å². The molecule has 7 nitrogen and oxygen atoms in total. The first-order valence-corrected chi connectivity index (χ1v) is 9.10. The van der Waals surface area contributed by atoms with Crippen LogP contribution in [-0.2, 0) is 4.79 Å². The van der Waals surface area contributed by atoms with Crippen molar-refractivity contribution in [2.75, 3.05) is 13.1 Å². The SMILES string of the molecule is O=C(NC1CCN(C(=O)/C=C/c2ccc([N+](=O)[O-])cc2)CC1)c1ccccc1. The summed E-state index contributed by atoms with van der Waals surface area (Å²) in [6.45, 7) is 1.15. The van der Waals surface area contributed by atoms with E-state index < -0.39 is 4.92 Å². The zero-order chi connectivity index (χ0) is 19.9. The van der Waals surface area contributed by atoms with Crippen LogP contribution in [0, 0.1) is 10.1 Å². The summed E-state index contributed by atoms with van der Waals surface area (Å²) in [7, 11) is 0. The van der Waals surface area contributed by atoms with Crippen molar-refractivity contribution in [3.8, 4) is 0 Å². The summed E-state index contributed by atoms with van der Waals surface area (Å²) in [6.07, 6.45) is 4.53. The fraction of sp³-hybridized carbons (Fsp3) is 0.238. The first-order valence-electron chi connectivity index (χ1n) is 9.10. The van der Waals surface area contributed by atoms with E-state index in [-0.39, 0.29) is 23.5 Å². The molecule has 1 fully saturated rings. The molecular weight excluding hydrogens is 358 g/mol. The predicted octanol–water partition coefficient (Wildman–Crippen LogP) is 3.03. The van der Waals surface area contributed by atoms with E-state index in [2.05, 4.69) is 5.32 Å². The van der Waals surface area contributed by atoms with Crippen LogP contribution in [0.3, 0.4) is 0 Å². The van der Waals surface area contributed by atoms with Gasteiger partial charge in [0.25, 0.3) is 11.6 Å². The fourth-order valence-electron chi connectivity index (χ4n) is 3.08. The molecule has 28 heavy (non-hydrogen) atoms. The molecular formula is C21H21N3O4. The molecule has 0 unspecified atom stereocenters. The summed E-state index contributed by atoms with van der Waals surface area (Å²) in [5, 5.41) is 13.7. The zero-order valence-corrected chi connectivity index (χ0v) is 15.3. The number of nitro benzene ring substituents is 1. The van der Waals surface area contributed by atoms with Gasteiger partial charge in [-0.1, -0.05) is 18.2 Å². The molecule has 0 bridgehead atoms. The minimum Gasteiger partial charge on any atom is -0.349 e. The van der Waals surface area contributed by atoms with Gasteiger partial charge in [0.1, 0.15) is 0 Å². The van der Waals surface area contributed by atoms with Gasteiger partial charge >= 0.3 is 0 Å². The van der Waals surface area contributed by atoms with E-state index in [1.807, 2.05) is 18.2 Å². The molecule has 0 spiro atoms. The highest BCUT2D eigenvalue weighted by molar-refractivity contribution is 5.94. The predicted molar refractivity (Wildman–Crippen MR) is 106 cm³/mol. The largest absolute Gasteiger partial charge is 0.349 e. The average molecular weight is 379 g/mol. The molecule has 2 amide bonds. The Hall–Kier alpha value is -3.48. The van der Waals surface area contributed by atoms with Crippen LogP contribution in [0.25, 0.3) is 6.08 Å². The topological polar surface area (TPSA) is 92.6 Å². The number of rotatable bonds is 5. The molecule has 144 valence electrons. The van der Waals surface area contributed by atoms with Gasteiger partial charge < -0.3 is 10.2 Å². The maximum atomic E-state index is 12.3. The van der Waals surface area contributed by atoms with Crippen molar-refractivity contribution < 1.29 is 14.5 Å². The van der Waals surface area contributed by atoms with E-state index in [0.29, 0.717) is 31.5 Å². The molecule has 1 saturated heterocycles. The van der Waals surface area contributed by atoms with Crippen molar-refractivity contribution in [2.45, 2.75) is 18.9 Å². The minimum atomic E-state index is -0.459. The normalized spacial score (nSPS) is 14.8. The molecule has 0 aromatic heterocycles. The Morgan fingerprint density at radius 2 is 1.68 bits per heavy atom. The van der Waals surface area contributed by atoms with Crippen LogP contribution in [0.5, 0.6) is 0 Å². The van der Waals surface area contributed by atoms with E-state index in [1.54, 1.807) is 35.2 Å². The van der Waals surface area contributed by atoms with Gasteiger partial charge in [-0.25, -0.2) is 0 Å². The second-order valence-corrected chi connectivity index (χ2v) is 6.62. The molecule has 2 aromatic carbocycles. The van der Waals surface area contributed by atoms with Crippen LogP contribution in [0.15, 0.2) is 60.7 Å². The number of nitro groups is 1. The van der Waals surface area contributed by atoms with E-state index in [0.717, 1.165) is 5.56 Å². The summed E-state index contributed by atoms with van der Waals surface area (Å²) in [4.78, 5) is 36.5. The Morgan fingerprint density at radius 1 is 1.04 bits per heavy atom. The highest BCUT2D eigenvalue weighted by Crippen LogP contribution is 2.15. The molecule has 0 atom stereocenters. The number of carbonyl (C=O) groups is 2. The van der Waals surface area contributed by atoms with Crippen molar-refractivity contribution in [3.05, 3.63) is 81.9 Å². The van der Waals surface area contributed by atoms with Crippen molar-refractivity contribution in [3.63, 3.8) is 0 Å². The summed E-state index contributed by atoms with van der Waals surface area (Å²) in [6, 6.07) is 15.1. The molecule has 3 rings (SSSR count). The molecule has 0 aliphatic carbocycles.